The summed E-state index contributed by atoms with van der Waals surface area (Å²) in [6, 6.07) is 13.7. The molecule has 0 radical (unpaired) electrons. The second-order valence-corrected chi connectivity index (χ2v) is 6.09. The summed E-state index contributed by atoms with van der Waals surface area (Å²) in [5.41, 5.74) is 7.25. The molecule has 1 atom stereocenters. The highest BCUT2D eigenvalue weighted by molar-refractivity contribution is 6.30. The Morgan fingerprint density at radius 1 is 1.21 bits per heavy atom. The molecule has 0 aromatic heterocycles. The Kier molecular flexibility index (Phi) is 5.95. The topological polar surface area (TPSA) is 75.4 Å². The van der Waals surface area contributed by atoms with Gasteiger partial charge in [-0.2, -0.15) is 0 Å². The van der Waals surface area contributed by atoms with Gasteiger partial charge in [-0.15, -0.1) is 0 Å². The number of halogens is 1. The van der Waals surface area contributed by atoms with Crippen LogP contribution in [0.2, 0.25) is 5.02 Å². The highest BCUT2D eigenvalue weighted by Crippen LogP contribution is 2.14. The molecule has 0 heterocycles. The van der Waals surface area contributed by atoms with Crippen molar-refractivity contribution < 1.29 is 9.59 Å². The van der Waals surface area contributed by atoms with E-state index in [0.717, 1.165) is 5.56 Å². The minimum atomic E-state index is -0.498. The van der Waals surface area contributed by atoms with E-state index in [-0.39, 0.29) is 11.9 Å². The number of nitrogens with one attached hydrogen (secondary N) is 1. The molecule has 5 nitrogen and oxygen atoms in total. The zero-order valence-corrected chi connectivity index (χ0v) is 14.4. The van der Waals surface area contributed by atoms with E-state index in [4.69, 9.17) is 17.3 Å². The zero-order valence-electron chi connectivity index (χ0n) is 13.6. The van der Waals surface area contributed by atoms with Gasteiger partial charge in [-0.05, 0) is 55.9 Å². The van der Waals surface area contributed by atoms with E-state index < -0.39 is 5.91 Å². The Bertz CT molecular complexity index is 731. The van der Waals surface area contributed by atoms with Gasteiger partial charge in [0, 0.05) is 22.8 Å². The van der Waals surface area contributed by atoms with Crippen molar-refractivity contribution >= 4 is 29.1 Å². The molecule has 2 aromatic rings. The number of benzene rings is 2. The van der Waals surface area contributed by atoms with E-state index in [2.05, 4.69) is 5.32 Å². The fraction of sp³-hybridized carbons (Fsp3) is 0.222. The van der Waals surface area contributed by atoms with Crippen molar-refractivity contribution in [2.75, 3.05) is 12.4 Å². The molecule has 0 spiro atoms. The van der Waals surface area contributed by atoms with Gasteiger partial charge in [-0.1, -0.05) is 23.7 Å². The van der Waals surface area contributed by atoms with Gasteiger partial charge in [-0.25, -0.2) is 0 Å². The lowest BCUT2D eigenvalue weighted by atomic mass is 10.1. The normalized spacial score (nSPS) is 12.0. The quantitative estimate of drug-likeness (QED) is 0.845. The molecular formula is C18H20ClN3O2. The lowest BCUT2D eigenvalue weighted by Crippen LogP contribution is -2.39. The first-order chi connectivity index (χ1) is 11.4. The van der Waals surface area contributed by atoms with E-state index in [1.165, 1.54) is 0 Å². The van der Waals surface area contributed by atoms with Crippen molar-refractivity contribution in [3.63, 3.8) is 0 Å². The lowest BCUT2D eigenvalue weighted by Gasteiger charge is -2.24. The molecule has 0 bridgehead atoms. The predicted octanol–water partition coefficient (Wildman–Crippen LogP) is 2.90. The molecule has 2 amide bonds. The number of rotatable bonds is 6. The van der Waals surface area contributed by atoms with Gasteiger partial charge in [0.25, 0.3) is 0 Å². The monoisotopic (exact) mass is 345 g/mol. The zero-order chi connectivity index (χ0) is 17.7. The Balaban J connectivity index is 1.96. The van der Waals surface area contributed by atoms with E-state index in [9.17, 15) is 9.59 Å². The minimum Gasteiger partial charge on any atom is -0.366 e. The molecule has 0 saturated heterocycles. The van der Waals surface area contributed by atoms with Crippen molar-refractivity contribution in [2.24, 2.45) is 5.73 Å². The fourth-order valence-electron chi connectivity index (χ4n) is 2.22. The number of primary amides is 1. The van der Waals surface area contributed by atoms with Crippen LogP contribution in [-0.2, 0) is 11.3 Å². The van der Waals surface area contributed by atoms with Crippen LogP contribution in [0.25, 0.3) is 0 Å². The number of amides is 2. The van der Waals surface area contributed by atoms with Gasteiger partial charge in [-0.3, -0.25) is 14.5 Å². The summed E-state index contributed by atoms with van der Waals surface area (Å²) in [7, 11) is 1.88. The first kappa shape index (κ1) is 18.0. The highest BCUT2D eigenvalue weighted by Gasteiger charge is 2.18. The lowest BCUT2D eigenvalue weighted by molar-refractivity contribution is -0.120. The van der Waals surface area contributed by atoms with Gasteiger partial charge < -0.3 is 11.1 Å². The molecule has 0 aliphatic rings. The standard InChI is InChI=1S/C18H20ClN3O2/c1-12(22(2)11-13-4-3-5-15(19)10-13)18(24)21-16-8-6-14(7-9-16)17(20)23/h3-10,12H,11H2,1-2H3,(H2,20,23)(H,21,24)/t12-/m1/s1. The maximum Gasteiger partial charge on any atom is 0.248 e. The largest absolute Gasteiger partial charge is 0.366 e. The number of carbonyl (C=O) groups is 2. The van der Waals surface area contributed by atoms with E-state index in [0.29, 0.717) is 22.8 Å². The van der Waals surface area contributed by atoms with E-state index in [1.54, 1.807) is 24.3 Å². The average molecular weight is 346 g/mol. The maximum atomic E-state index is 12.4. The maximum absolute atomic E-state index is 12.4. The number of carbonyl (C=O) groups excluding carboxylic acids is 2. The summed E-state index contributed by atoms with van der Waals surface area (Å²) in [5, 5.41) is 3.50. The Morgan fingerprint density at radius 2 is 1.88 bits per heavy atom. The molecule has 0 unspecified atom stereocenters. The smallest absolute Gasteiger partial charge is 0.248 e. The second-order valence-electron chi connectivity index (χ2n) is 5.65. The van der Waals surface area contributed by atoms with Crippen LogP contribution < -0.4 is 11.1 Å². The summed E-state index contributed by atoms with van der Waals surface area (Å²) in [6.45, 7) is 2.44. The Morgan fingerprint density at radius 3 is 2.46 bits per heavy atom. The summed E-state index contributed by atoms with van der Waals surface area (Å²) >= 11 is 5.98. The molecule has 0 aliphatic heterocycles. The van der Waals surface area contributed by atoms with Gasteiger partial charge in [0.2, 0.25) is 11.8 Å². The predicted molar refractivity (Wildman–Crippen MR) is 96.0 cm³/mol. The van der Waals surface area contributed by atoms with Crippen LogP contribution in [0.5, 0.6) is 0 Å². The van der Waals surface area contributed by atoms with Crippen molar-refractivity contribution in [1.29, 1.82) is 0 Å². The highest BCUT2D eigenvalue weighted by atomic mass is 35.5. The van der Waals surface area contributed by atoms with E-state index in [1.807, 2.05) is 43.1 Å². The molecule has 3 N–H and O–H groups in total. The molecule has 2 rings (SSSR count). The van der Waals surface area contributed by atoms with Crippen LogP contribution in [0.3, 0.4) is 0 Å². The Labute approximate surface area is 146 Å². The molecule has 126 valence electrons. The summed E-state index contributed by atoms with van der Waals surface area (Å²) in [4.78, 5) is 25.3. The summed E-state index contributed by atoms with van der Waals surface area (Å²) < 4.78 is 0. The Hall–Kier alpha value is -2.37. The molecule has 2 aromatic carbocycles. The number of hydrogen-bond acceptors (Lipinski definition) is 3. The third-order valence-corrected chi connectivity index (χ3v) is 4.03. The number of anilines is 1. The van der Waals surface area contributed by atoms with E-state index >= 15 is 0 Å². The number of nitrogens with two attached hydrogens (primary N) is 1. The van der Waals surface area contributed by atoms with Crippen LogP contribution in [0, 0.1) is 0 Å². The van der Waals surface area contributed by atoms with Gasteiger partial charge in [0.1, 0.15) is 0 Å². The summed E-state index contributed by atoms with van der Waals surface area (Å²) in [5.74, 6) is -0.631. The van der Waals surface area contributed by atoms with Crippen LogP contribution in [0.4, 0.5) is 5.69 Å². The van der Waals surface area contributed by atoms with Crippen molar-refractivity contribution in [2.45, 2.75) is 19.5 Å². The first-order valence-corrected chi connectivity index (χ1v) is 7.90. The number of likely N-dealkylation sites (N-methyl/N-ethyl adjacent to an activating group) is 1. The fourth-order valence-corrected chi connectivity index (χ4v) is 2.44. The third-order valence-electron chi connectivity index (χ3n) is 3.80. The number of nitrogens with zero attached hydrogens (tertiary/aromatic N) is 1. The minimum absolute atomic E-state index is 0.133. The van der Waals surface area contributed by atoms with Crippen LogP contribution in [0.15, 0.2) is 48.5 Å². The SMILES string of the molecule is C[C@H](C(=O)Nc1ccc(C(N)=O)cc1)N(C)Cc1cccc(Cl)c1. The number of hydrogen-bond donors (Lipinski definition) is 2. The van der Waals surface area contributed by atoms with Crippen LogP contribution in [0.1, 0.15) is 22.8 Å². The van der Waals surface area contributed by atoms with Gasteiger partial charge in [0.05, 0.1) is 6.04 Å². The molecule has 0 fully saturated rings. The van der Waals surface area contributed by atoms with Gasteiger partial charge >= 0.3 is 0 Å². The second kappa shape index (κ2) is 7.95. The van der Waals surface area contributed by atoms with Crippen LogP contribution in [-0.4, -0.2) is 29.8 Å². The molecular weight excluding hydrogens is 326 g/mol. The summed E-state index contributed by atoms with van der Waals surface area (Å²) in [6.07, 6.45) is 0. The average Bonchev–Trinajstić information content (AvgIpc) is 2.54. The van der Waals surface area contributed by atoms with Crippen molar-refractivity contribution in [1.82, 2.24) is 4.90 Å². The van der Waals surface area contributed by atoms with Crippen LogP contribution >= 0.6 is 11.6 Å². The molecule has 0 aliphatic carbocycles. The molecule has 24 heavy (non-hydrogen) atoms. The van der Waals surface area contributed by atoms with Gasteiger partial charge in [0.15, 0.2) is 0 Å². The van der Waals surface area contributed by atoms with Crippen molar-refractivity contribution in [3.05, 3.63) is 64.7 Å². The molecule has 6 heteroatoms. The van der Waals surface area contributed by atoms with Crippen molar-refractivity contribution in [3.8, 4) is 0 Å². The molecule has 0 saturated carbocycles. The first-order valence-electron chi connectivity index (χ1n) is 7.52. The third kappa shape index (κ3) is 4.81.